The topological polar surface area (TPSA) is 44.1 Å². The van der Waals surface area contributed by atoms with E-state index in [2.05, 4.69) is 9.84 Å². The number of esters is 1. The van der Waals surface area contributed by atoms with E-state index < -0.39 is 5.97 Å². The van der Waals surface area contributed by atoms with Crippen LogP contribution in [0.25, 0.3) is 0 Å². The molecule has 5 heteroatoms. The lowest BCUT2D eigenvalue weighted by Gasteiger charge is -1.95. The van der Waals surface area contributed by atoms with Crippen LogP contribution in [0.1, 0.15) is 10.5 Å². The van der Waals surface area contributed by atoms with Crippen LogP contribution in [-0.2, 0) is 10.6 Å². The van der Waals surface area contributed by atoms with Gasteiger partial charge in [-0.3, -0.25) is 4.68 Å². The highest BCUT2D eigenvalue weighted by molar-refractivity contribution is 7.97. The van der Waals surface area contributed by atoms with Crippen molar-refractivity contribution in [1.82, 2.24) is 9.78 Å². The molecule has 0 atom stereocenters. The lowest BCUT2D eigenvalue weighted by atomic mass is 10.4. The molecule has 0 fully saturated rings. The molecular formula is C7H10N2O2S. The third-order valence-electron chi connectivity index (χ3n) is 1.30. The van der Waals surface area contributed by atoms with Gasteiger partial charge in [0.25, 0.3) is 0 Å². The average molecular weight is 186 g/mol. The fourth-order valence-electron chi connectivity index (χ4n) is 0.779. The molecule has 0 unspecified atom stereocenters. The molecule has 0 saturated carbocycles. The first-order chi connectivity index (χ1) is 5.77. The largest absolute Gasteiger partial charge is 0.464 e. The highest BCUT2D eigenvalue weighted by atomic mass is 32.2. The van der Waals surface area contributed by atoms with Crippen molar-refractivity contribution < 1.29 is 9.53 Å². The summed E-state index contributed by atoms with van der Waals surface area (Å²) < 4.78 is 6.20. The second-order valence-electron chi connectivity index (χ2n) is 2.15. The maximum Gasteiger partial charge on any atom is 0.358 e. The number of hydrogen-bond donors (Lipinski definition) is 0. The van der Waals surface area contributed by atoms with Crippen LogP contribution in [0.5, 0.6) is 0 Å². The maximum absolute atomic E-state index is 10.9. The molecule has 1 rings (SSSR count). The lowest BCUT2D eigenvalue weighted by molar-refractivity contribution is 0.0593. The number of thioether (sulfide) groups is 1. The molecule has 0 aliphatic heterocycles. The summed E-state index contributed by atoms with van der Waals surface area (Å²) in [6, 6.07) is 1.64. The molecule has 0 spiro atoms. The third-order valence-corrected chi connectivity index (χ3v) is 1.82. The van der Waals surface area contributed by atoms with E-state index in [0.717, 1.165) is 5.88 Å². The minimum Gasteiger partial charge on any atom is -0.464 e. The number of aromatic nitrogens is 2. The second-order valence-corrected chi connectivity index (χ2v) is 2.99. The normalized spacial score (nSPS) is 9.83. The van der Waals surface area contributed by atoms with Crippen LogP contribution in [0.4, 0.5) is 0 Å². The van der Waals surface area contributed by atoms with Crippen molar-refractivity contribution in [3.63, 3.8) is 0 Å². The molecule has 0 aliphatic carbocycles. The number of nitrogens with zero attached hydrogens (tertiary/aromatic N) is 2. The molecular weight excluding hydrogens is 176 g/mol. The van der Waals surface area contributed by atoms with Crippen molar-refractivity contribution in [2.24, 2.45) is 0 Å². The molecule has 0 aliphatic rings. The van der Waals surface area contributed by atoms with Crippen molar-refractivity contribution in [3.8, 4) is 0 Å². The molecule has 0 N–H and O–H groups in total. The van der Waals surface area contributed by atoms with Crippen molar-refractivity contribution in [2.45, 2.75) is 5.88 Å². The van der Waals surface area contributed by atoms with Gasteiger partial charge in [-0.15, -0.1) is 11.8 Å². The molecule has 0 bridgehead atoms. The van der Waals surface area contributed by atoms with Crippen molar-refractivity contribution in [2.75, 3.05) is 13.4 Å². The Labute approximate surface area is 74.9 Å². The Morgan fingerprint density at radius 1 is 1.83 bits per heavy atom. The standard InChI is InChI=1S/C7H10N2O2S/c1-11-7(10)6-3-4-9(8-6)5-12-2/h3-4H,5H2,1-2H3. The highest BCUT2D eigenvalue weighted by Crippen LogP contribution is 2.01. The fourth-order valence-corrected chi connectivity index (χ4v) is 1.19. The van der Waals surface area contributed by atoms with Crippen LogP contribution in [0.2, 0.25) is 0 Å². The van der Waals surface area contributed by atoms with Crippen LogP contribution >= 0.6 is 11.8 Å². The van der Waals surface area contributed by atoms with Crippen molar-refractivity contribution >= 4 is 17.7 Å². The van der Waals surface area contributed by atoms with E-state index in [4.69, 9.17) is 0 Å². The van der Waals surface area contributed by atoms with E-state index in [1.165, 1.54) is 7.11 Å². The van der Waals surface area contributed by atoms with E-state index in [1.807, 2.05) is 6.26 Å². The molecule has 1 aromatic heterocycles. The number of ether oxygens (including phenoxy) is 1. The van der Waals surface area contributed by atoms with Gasteiger partial charge < -0.3 is 4.74 Å². The summed E-state index contributed by atoms with van der Waals surface area (Å²) in [6.45, 7) is 0. The van der Waals surface area contributed by atoms with E-state index in [9.17, 15) is 4.79 Å². The number of methoxy groups -OCH3 is 1. The third kappa shape index (κ3) is 2.01. The summed E-state index contributed by atoms with van der Waals surface area (Å²) in [5, 5.41) is 3.99. The highest BCUT2D eigenvalue weighted by Gasteiger charge is 2.07. The second kappa shape index (κ2) is 4.15. The Hall–Kier alpha value is -0.970. The van der Waals surface area contributed by atoms with Gasteiger partial charge in [0.05, 0.1) is 13.0 Å². The molecule has 1 heterocycles. The molecule has 0 aromatic carbocycles. The van der Waals surface area contributed by atoms with Gasteiger partial charge in [0, 0.05) is 6.20 Å². The SMILES string of the molecule is COC(=O)c1ccn(CSC)n1. The Balaban J connectivity index is 2.70. The zero-order valence-corrected chi connectivity index (χ0v) is 7.80. The van der Waals surface area contributed by atoms with Gasteiger partial charge in [-0.1, -0.05) is 0 Å². The summed E-state index contributed by atoms with van der Waals surface area (Å²) in [7, 11) is 1.34. The first-order valence-corrected chi connectivity index (χ1v) is 4.78. The molecule has 66 valence electrons. The monoisotopic (exact) mass is 186 g/mol. The first kappa shape index (κ1) is 9.12. The van der Waals surface area contributed by atoms with Gasteiger partial charge in [-0.05, 0) is 12.3 Å². The van der Waals surface area contributed by atoms with Crippen LogP contribution in [0.3, 0.4) is 0 Å². The fraction of sp³-hybridized carbons (Fsp3) is 0.429. The van der Waals surface area contributed by atoms with E-state index in [-0.39, 0.29) is 0 Å². The van der Waals surface area contributed by atoms with Gasteiger partial charge in [-0.2, -0.15) is 5.10 Å². The van der Waals surface area contributed by atoms with Crippen LogP contribution < -0.4 is 0 Å². The van der Waals surface area contributed by atoms with E-state index >= 15 is 0 Å². The van der Waals surface area contributed by atoms with Crippen LogP contribution in [-0.4, -0.2) is 29.1 Å². The summed E-state index contributed by atoms with van der Waals surface area (Å²) in [4.78, 5) is 10.9. The van der Waals surface area contributed by atoms with Gasteiger partial charge in [0.15, 0.2) is 5.69 Å². The number of carbonyl (C=O) groups is 1. The summed E-state index contributed by atoms with van der Waals surface area (Å²) in [5.41, 5.74) is 0.353. The number of carbonyl (C=O) groups excluding carboxylic acids is 1. The maximum atomic E-state index is 10.9. The molecule has 0 radical (unpaired) electrons. The Kier molecular flexibility index (Phi) is 3.16. The Morgan fingerprint density at radius 2 is 2.58 bits per heavy atom. The predicted molar refractivity (Wildman–Crippen MR) is 47.1 cm³/mol. The van der Waals surface area contributed by atoms with Crippen LogP contribution in [0.15, 0.2) is 12.3 Å². The van der Waals surface area contributed by atoms with Gasteiger partial charge in [0.1, 0.15) is 0 Å². The van der Waals surface area contributed by atoms with Crippen LogP contribution in [0, 0.1) is 0 Å². The van der Waals surface area contributed by atoms with E-state index in [0.29, 0.717) is 5.69 Å². The quantitative estimate of drug-likeness (QED) is 0.660. The predicted octanol–water partition coefficient (Wildman–Crippen LogP) is 0.990. The number of hydrogen-bond acceptors (Lipinski definition) is 4. The van der Waals surface area contributed by atoms with Gasteiger partial charge in [0.2, 0.25) is 0 Å². The Morgan fingerprint density at radius 3 is 3.17 bits per heavy atom. The van der Waals surface area contributed by atoms with Gasteiger partial charge >= 0.3 is 5.97 Å². The average Bonchev–Trinajstić information content (AvgIpc) is 2.52. The summed E-state index contributed by atoms with van der Waals surface area (Å²) in [5.74, 6) is 0.353. The molecule has 0 saturated heterocycles. The Bertz CT molecular complexity index is 272. The van der Waals surface area contributed by atoms with Crippen molar-refractivity contribution in [3.05, 3.63) is 18.0 Å². The molecule has 1 aromatic rings. The smallest absolute Gasteiger partial charge is 0.358 e. The zero-order valence-electron chi connectivity index (χ0n) is 6.98. The molecule has 12 heavy (non-hydrogen) atoms. The zero-order chi connectivity index (χ0) is 8.97. The summed E-state index contributed by atoms with van der Waals surface area (Å²) in [6.07, 6.45) is 3.72. The van der Waals surface area contributed by atoms with E-state index in [1.54, 1.807) is 28.7 Å². The van der Waals surface area contributed by atoms with Crippen molar-refractivity contribution in [1.29, 1.82) is 0 Å². The minimum atomic E-state index is -0.394. The number of rotatable bonds is 3. The summed E-state index contributed by atoms with van der Waals surface area (Å²) >= 11 is 1.64. The minimum absolute atomic E-state index is 0.353. The lowest BCUT2D eigenvalue weighted by Crippen LogP contribution is -2.04. The molecule has 0 amide bonds. The van der Waals surface area contributed by atoms with Gasteiger partial charge in [-0.25, -0.2) is 4.79 Å². The first-order valence-electron chi connectivity index (χ1n) is 3.38. The molecule has 4 nitrogen and oxygen atoms in total.